The van der Waals surface area contributed by atoms with Crippen LogP contribution < -0.4 is 5.32 Å². The van der Waals surface area contributed by atoms with Crippen molar-refractivity contribution in [2.75, 3.05) is 0 Å². The molecule has 3 heterocycles. The first-order valence-corrected chi connectivity index (χ1v) is 8.06. The van der Waals surface area contributed by atoms with Crippen molar-refractivity contribution < 1.29 is 4.79 Å². The van der Waals surface area contributed by atoms with Gasteiger partial charge in [0.25, 0.3) is 5.91 Å². The predicted octanol–water partition coefficient (Wildman–Crippen LogP) is 1.84. The number of aromatic nitrogens is 6. The Balaban J connectivity index is 1.88. The van der Waals surface area contributed by atoms with Crippen LogP contribution in [0.25, 0.3) is 5.65 Å². The largest absolute Gasteiger partial charge is 0.341 e. The second kappa shape index (κ2) is 6.38. The van der Waals surface area contributed by atoms with E-state index in [-0.39, 0.29) is 11.9 Å². The van der Waals surface area contributed by atoms with Gasteiger partial charge in [0.05, 0.1) is 11.7 Å². The van der Waals surface area contributed by atoms with Gasteiger partial charge in [-0.3, -0.25) is 4.79 Å². The Labute approximate surface area is 139 Å². The van der Waals surface area contributed by atoms with Gasteiger partial charge in [0.1, 0.15) is 17.8 Å². The third-order valence-electron chi connectivity index (χ3n) is 3.93. The third-order valence-corrected chi connectivity index (χ3v) is 3.93. The van der Waals surface area contributed by atoms with Gasteiger partial charge in [0.15, 0.2) is 5.65 Å². The summed E-state index contributed by atoms with van der Waals surface area (Å²) in [6, 6.07) is 3.39. The van der Waals surface area contributed by atoms with E-state index in [1.807, 2.05) is 33.8 Å². The number of nitrogens with zero attached hydrogens (tertiary/aromatic N) is 6. The molecule has 0 aliphatic heterocycles. The van der Waals surface area contributed by atoms with Crippen LogP contribution in [0.3, 0.4) is 0 Å². The highest BCUT2D eigenvalue weighted by Gasteiger charge is 2.20. The summed E-state index contributed by atoms with van der Waals surface area (Å²) < 4.78 is 3.52. The van der Waals surface area contributed by atoms with E-state index in [2.05, 4.69) is 25.5 Å². The summed E-state index contributed by atoms with van der Waals surface area (Å²) in [5, 5.41) is 11.5. The number of fused-ring (bicyclic) bond motifs is 1. The Bertz CT molecular complexity index is 880. The quantitative estimate of drug-likeness (QED) is 0.772. The van der Waals surface area contributed by atoms with E-state index in [9.17, 15) is 4.79 Å². The molecule has 3 aromatic heterocycles. The summed E-state index contributed by atoms with van der Waals surface area (Å²) in [4.78, 5) is 21.3. The maximum absolute atomic E-state index is 12.7. The molecule has 0 bridgehead atoms. The molecule has 1 N–H and O–H groups in total. The summed E-state index contributed by atoms with van der Waals surface area (Å²) >= 11 is 0. The van der Waals surface area contributed by atoms with Crippen molar-refractivity contribution in [2.45, 2.75) is 46.7 Å². The second-order valence-corrected chi connectivity index (χ2v) is 5.71. The molecule has 3 rings (SSSR count). The highest BCUT2D eigenvalue weighted by atomic mass is 16.2. The molecule has 0 radical (unpaired) electrons. The van der Waals surface area contributed by atoms with Crippen LogP contribution in [0.15, 0.2) is 18.5 Å². The highest BCUT2D eigenvalue weighted by molar-refractivity contribution is 5.93. The fraction of sp³-hybridized carbons (Fsp3) is 0.438. The minimum absolute atomic E-state index is 0.204. The van der Waals surface area contributed by atoms with E-state index < -0.39 is 0 Å². The lowest BCUT2D eigenvalue weighted by molar-refractivity contribution is 0.0927. The van der Waals surface area contributed by atoms with Gasteiger partial charge in [-0.25, -0.2) is 19.2 Å². The molecule has 3 aromatic rings. The van der Waals surface area contributed by atoms with Gasteiger partial charge in [0.2, 0.25) is 0 Å². The van der Waals surface area contributed by atoms with Gasteiger partial charge in [-0.2, -0.15) is 10.2 Å². The Morgan fingerprint density at radius 3 is 2.79 bits per heavy atom. The minimum atomic E-state index is -0.225. The molecule has 0 aliphatic rings. The number of amides is 1. The average molecular weight is 327 g/mol. The number of nitrogens with one attached hydrogen (secondary N) is 1. The standard InChI is InChI=1S/C16H21N7O/c1-5-12(15-17-9-18-22(15)6-2)20-16(24)13-8-11(4)23-14(19-13)7-10(3)21-23/h7-9,12H,5-6H2,1-4H3,(H,20,24)/t12-/m1/s1. The molecule has 0 spiro atoms. The lowest BCUT2D eigenvalue weighted by Crippen LogP contribution is -2.31. The first-order chi connectivity index (χ1) is 11.5. The number of carbonyl (C=O) groups is 1. The van der Waals surface area contributed by atoms with Gasteiger partial charge < -0.3 is 5.32 Å². The zero-order valence-corrected chi connectivity index (χ0v) is 14.3. The summed E-state index contributed by atoms with van der Waals surface area (Å²) in [6.45, 7) is 8.51. The molecular weight excluding hydrogens is 306 g/mol. The smallest absolute Gasteiger partial charge is 0.270 e. The third kappa shape index (κ3) is 2.86. The molecule has 0 aromatic carbocycles. The van der Waals surface area contributed by atoms with Gasteiger partial charge >= 0.3 is 0 Å². The summed E-state index contributed by atoms with van der Waals surface area (Å²) in [7, 11) is 0. The predicted molar refractivity (Wildman–Crippen MR) is 88.7 cm³/mol. The van der Waals surface area contributed by atoms with Gasteiger partial charge in [0, 0.05) is 18.3 Å². The van der Waals surface area contributed by atoms with E-state index >= 15 is 0 Å². The van der Waals surface area contributed by atoms with Gasteiger partial charge in [-0.05, 0) is 33.3 Å². The van der Waals surface area contributed by atoms with Crippen LogP contribution in [0.4, 0.5) is 0 Å². The normalized spacial score (nSPS) is 12.5. The zero-order chi connectivity index (χ0) is 17.3. The highest BCUT2D eigenvalue weighted by Crippen LogP contribution is 2.15. The Kier molecular flexibility index (Phi) is 4.28. The number of aryl methyl sites for hydroxylation is 3. The lowest BCUT2D eigenvalue weighted by atomic mass is 10.2. The fourth-order valence-electron chi connectivity index (χ4n) is 2.72. The van der Waals surface area contributed by atoms with Crippen LogP contribution in [0.1, 0.15) is 54.0 Å². The number of carbonyl (C=O) groups excluding carboxylic acids is 1. The maximum atomic E-state index is 12.7. The Morgan fingerprint density at radius 1 is 1.29 bits per heavy atom. The van der Waals surface area contributed by atoms with E-state index in [1.165, 1.54) is 6.33 Å². The monoisotopic (exact) mass is 327 g/mol. The Morgan fingerprint density at radius 2 is 2.08 bits per heavy atom. The molecule has 8 heteroatoms. The summed E-state index contributed by atoms with van der Waals surface area (Å²) in [5.74, 6) is 0.531. The molecule has 8 nitrogen and oxygen atoms in total. The molecule has 0 saturated carbocycles. The molecule has 0 fully saturated rings. The van der Waals surface area contributed by atoms with E-state index in [0.717, 1.165) is 23.6 Å². The average Bonchev–Trinajstić information content (AvgIpc) is 3.17. The fourth-order valence-corrected chi connectivity index (χ4v) is 2.72. The molecule has 1 atom stereocenters. The number of rotatable bonds is 5. The topological polar surface area (TPSA) is 90.0 Å². The van der Waals surface area contributed by atoms with Crippen LogP contribution in [-0.2, 0) is 6.54 Å². The van der Waals surface area contributed by atoms with Crippen molar-refractivity contribution in [2.24, 2.45) is 0 Å². The molecule has 24 heavy (non-hydrogen) atoms. The van der Waals surface area contributed by atoms with Crippen LogP contribution in [0.2, 0.25) is 0 Å². The molecular formula is C16H21N7O. The van der Waals surface area contributed by atoms with Crippen molar-refractivity contribution in [1.82, 2.24) is 34.7 Å². The molecule has 0 aliphatic carbocycles. The summed E-state index contributed by atoms with van der Waals surface area (Å²) in [6.07, 6.45) is 2.23. The first kappa shape index (κ1) is 16.1. The van der Waals surface area contributed by atoms with Crippen LogP contribution >= 0.6 is 0 Å². The van der Waals surface area contributed by atoms with Crippen molar-refractivity contribution in [3.8, 4) is 0 Å². The first-order valence-electron chi connectivity index (χ1n) is 8.06. The van der Waals surface area contributed by atoms with Crippen LogP contribution in [0.5, 0.6) is 0 Å². The maximum Gasteiger partial charge on any atom is 0.270 e. The van der Waals surface area contributed by atoms with Crippen molar-refractivity contribution in [3.63, 3.8) is 0 Å². The summed E-state index contributed by atoms with van der Waals surface area (Å²) in [5.41, 5.74) is 2.78. The van der Waals surface area contributed by atoms with Crippen molar-refractivity contribution >= 4 is 11.6 Å². The molecule has 126 valence electrons. The van der Waals surface area contributed by atoms with E-state index in [0.29, 0.717) is 17.9 Å². The minimum Gasteiger partial charge on any atom is -0.341 e. The second-order valence-electron chi connectivity index (χ2n) is 5.71. The number of hydrogen-bond donors (Lipinski definition) is 1. The van der Waals surface area contributed by atoms with Crippen LogP contribution in [-0.4, -0.2) is 35.3 Å². The lowest BCUT2D eigenvalue weighted by Gasteiger charge is -2.16. The van der Waals surface area contributed by atoms with E-state index in [4.69, 9.17) is 0 Å². The Hall–Kier alpha value is -2.77. The molecule has 0 unspecified atom stereocenters. The van der Waals surface area contributed by atoms with Crippen molar-refractivity contribution in [1.29, 1.82) is 0 Å². The molecule has 0 saturated heterocycles. The van der Waals surface area contributed by atoms with Crippen LogP contribution in [0, 0.1) is 13.8 Å². The SMILES string of the molecule is CC[C@@H](NC(=O)c1cc(C)n2nc(C)cc2n1)c1ncnn1CC. The van der Waals surface area contributed by atoms with Gasteiger partial charge in [-0.15, -0.1) is 0 Å². The van der Waals surface area contributed by atoms with E-state index in [1.54, 1.807) is 15.3 Å². The number of hydrogen-bond acceptors (Lipinski definition) is 5. The van der Waals surface area contributed by atoms with Crippen molar-refractivity contribution in [3.05, 3.63) is 41.4 Å². The van der Waals surface area contributed by atoms with Gasteiger partial charge in [-0.1, -0.05) is 6.92 Å². The zero-order valence-electron chi connectivity index (χ0n) is 14.3. The molecule has 1 amide bonds.